The highest BCUT2D eigenvalue weighted by Crippen LogP contribution is 2.14. The van der Waals surface area contributed by atoms with Gasteiger partial charge < -0.3 is 10.1 Å². The zero-order valence-electron chi connectivity index (χ0n) is 13.7. The molecule has 24 heavy (non-hydrogen) atoms. The second-order valence-corrected chi connectivity index (χ2v) is 5.95. The summed E-state index contributed by atoms with van der Waals surface area (Å²) >= 11 is 6.04. The van der Waals surface area contributed by atoms with Gasteiger partial charge in [-0.3, -0.25) is 9.59 Å². The van der Waals surface area contributed by atoms with E-state index in [-0.39, 0.29) is 18.9 Å². The molecular weight excluding hydrogens is 326 g/mol. The number of rotatable bonds is 6. The first-order valence-corrected chi connectivity index (χ1v) is 8.10. The second kappa shape index (κ2) is 8.50. The zero-order chi connectivity index (χ0) is 17.5. The van der Waals surface area contributed by atoms with E-state index in [0.29, 0.717) is 5.02 Å². The van der Waals surface area contributed by atoms with E-state index in [1.165, 1.54) is 0 Å². The first-order chi connectivity index (χ1) is 11.5. The Morgan fingerprint density at radius 1 is 1.08 bits per heavy atom. The summed E-state index contributed by atoms with van der Waals surface area (Å²) in [5.74, 6) is -0.780. The van der Waals surface area contributed by atoms with Crippen molar-refractivity contribution < 1.29 is 14.3 Å². The predicted molar refractivity (Wildman–Crippen MR) is 93.7 cm³/mol. The molecule has 0 heterocycles. The normalized spacial score (nSPS) is 11.6. The number of nitrogens with one attached hydrogen (secondary N) is 1. The van der Waals surface area contributed by atoms with Crippen molar-refractivity contribution in [3.63, 3.8) is 0 Å². The maximum atomic E-state index is 12.1. The minimum absolute atomic E-state index is 0.148. The van der Waals surface area contributed by atoms with E-state index in [1.54, 1.807) is 13.0 Å². The number of carbonyl (C=O) groups is 2. The molecule has 0 unspecified atom stereocenters. The fourth-order valence-corrected chi connectivity index (χ4v) is 2.43. The van der Waals surface area contributed by atoms with E-state index in [0.717, 1.165) is 16.7 Å². The molecular formula is C19H20ClNO3. The molecule has 0 aromatic heterocycles. The first kappa shape index (κ1) is 18.0. The molecule has 0 radical (unpaired) electrons. The predicted octanol–water partition coefficient (Wildman–Crippen LogP) is 3.44. The summed E-state index contributed by atoms with van der Waals surface area (Å²) in [6.07, 6.45) is -0.710. The molecule has 1 N–H and O–H groups in total. The lowest BCUT2D eigenvalue weighted by Crippen LogP contribution is -2.35. The molecule has 126 valence electrons. The number of benzene rings is 2. The van der Waals surface area contributed by atoms with Crippen molar-refractivity contribution >= 4 is 23.5 Å². The minimum Gasteiger partial charge on any atom is -0.452 e. The number of aryl methyl sites for hydroxylation is 1. The van der Waals surface area contributed by atoms with Crippen molar-refractivity contribution in [2.45, 2.75) is 32.9 Å². The molecule has 2 aromatic rings. The van der Waals surface area contributed by atoms with Crippen molar-refractivity contribution in [2.75, 3.05) is 0 Å². The van der Waals surface area contributed by atoms with Crippen LogP contribution in [0, 0.1) is 6.92 Å². The van der Waals surface area contributed by atoms with Gasteiger partial charge in [0.1, 0.15) is 0 Å². The van der Waals surface area contributed by atoms with Gasteiger partial charge in [0.15, 0.2) is 6.10 Å². The summed E-state index contributed by atoms with van der Waals surface area (Å²) in [4.78, 5) is 24.0. The quantitative estimate of drug-likeness (QED) is 0.816. The van der Waals surface area contributed by atoms with E-state index in [4.69, 9.17) is 16.3 Å². The van der Waals surface area contributed by atoms with Crippen LogP contribution < -0.4 is 5.32 Å². The number of amides is 1. The van der Waals surface area contributed by atoms with E-state index in [1.807, 2.05) is 49.4 Å². The van der Waals surface area contributed by atoms with Gasteiger partial charge in [0.05, 0.1) is 6.42 Å². The van der Waals surface area contributed by atoms with E-state index in [9.17, 15) is 9.59 Å². The molecule has 0 bridgehead atoms. The highest BCUT2D eigenvalue weighted by Gasteiger charge is 2.18. The fourth-order valence-electron chi connectivity index (χ4n) is 2.22. The summed E-state index contributed by atoms with van der Waals surface area (Å²) in [5.41, 5.74) is 2.72. The van der Waals surface area contributed by atoms with Crippen LogP contribution in [-0.2, 0) is 27.3 Å². The number of hydrogen-bond acceptors (Lipinski definition) is 3. The maximum absolute atomic E-state index is 12.1. The molecule has 0 aliphatic heterocycles. The van der Waals surface area contributed by atoms with Gasteiger partial charge in [0, 0.05) is 11.6 Å². The summed E-state index contributed by atoms with van der Waals surface area (Å²) in [6, 6.07) is 14.8. The number of hydrogen-bond donors (Lipinski definition) is 1. The zero-order valence-corrected chi connectivity index (χ0v) is 14.5. The number of ether oxygens (including phenoxy) is 1. The molecule has 2 rings (SSSR count). The van der Waals surface area contributed by atoms with Gasteiger partial charge in [0.25, 0.3) is 5.91 Å². The van der Waals surface area contributed by atoms with Gasteiger partial charge in [-0.2, -0.15) is 0 Å². The van der Waals surface area contributed by atoms with Crippen molar-refractivity contribution in [1.82, 2.24) is 5.32 Å². The topological polar surface area (TPSA) is 55.4 Å². The molecule has 0 saturated heterocycles. The Kier molecular flexibility index (Phi) is 6.38. The van der Waals surface area contributed by atoms with Crippen LogP contribution in [0.25, 0.3) is 0 Å². The van der Waals surface area contributed by atoms with Crippen LogP contribution in [0.1, 0.15) is 23.6 Å². The van der Waals surface area contributed by atoms with Crippen LogP contribution >= 0.6 is 11.6 Å². The molecule has 4 nitrogen and oxygen atoms in total. The molecule has 2 aromatic carbocycles. The third-order valence-corrected chi connectivity index (χ3v) is 4.05. The maximum Gasteiger partial charge on any atom is 0.311 e. The molecule has 0 saturated carbocycles. The van der Waals surface area contributed by atoms with Crippen LogP contribution in [0.5, 0.6) is 0 Å². The van der Waals surface area contributed by atoms with Crippen molar-refractivity contribution in [3.8, 4) is 0 Å². The molecule has 0 aliphatic rings. The summed E-state index contributed by atoms with van der Waals surface area (Å²) in [7, 11) is 0. The SMILES string of the molecule is Cc1ccccc1CC(=O)O[C@H](C)C(=O)NCc1ccccc1Cl. The van der Waals surface area contributed by atoms with Gasteiger partial charge >= 0.3 is 5.97 Å². The van der Waals surface area contributed by atoms with Crippen LogP contribution in [0.3, 0.4) is 0 Å². The molecule has 0 spiro atoms. The van der Waals surface area contributed by atoms with Crippen LogP contribution in [0.4, 0.5) is 0 Å². The Bertz CT molecular complexity index is 730. The largest absolute Gasteiger partial charge is 0.452 e. The van der Waals surface area contributed by atoms with Crippen molar-refractivity contribution in [3.05, 3.63) is 70.2 Å². The highest BCUT2D eigenvalue weighted by molar-refractivity contribution is 6.31. The Morgan fingerprint density at radius 3 is 2.38 bits per heavy atom. The smallest absolute Gasteiger partial charge is 0.311 e. The lowest BCUT2D eigenvalue weighted by Gasteiger charge is -2.14. The lowest BCUT2D eigenvalue weighted by molar-refractivity contribution is -0.154. The number of halogens is 1. The monoisotopic (exact) mass is 345 g/mol. The molecule has 0 aliphatic carbocycles. The Morgan fingerprint density at radius 2 is 1.71 bits per heavy atom. The molecule has 5 heteroatoms. The number of esters is 1. The van der Waals surface area contributed by atoms with Gasteiger partial charge in [-0.1, -0.05) is 54.1 Å². The molecule has 0 fully saturated rings. The van der Waals surface area contributed by atoms with Gasteiger partial charge in [-0.15, -0.1) is 0 Å². The average Bonchev–Trinajstić information content (AvgIpc) is 2.56. The van der Waals surface area contributed by atoms with Crippen molar-refractivity contribution in [2.24, 2.45) is 0 Å². The Hall–Kier alpha value is -2.33. The van der Waals surface area contributed by atoms with Crippen LogP contribution in [0.15, 0.2) is 48.5 Å². The van der Waals surface area contributed by atoms with Gasteiger partial charge in [-0.05, 0) is 36.6 Å². The second-order valence-electron chi connectivity index (χ2n) is 5.54. The summed E-state index contributed by atoms with van der Waals surface area (Å²) in [6.45, 7) is 3.78. The minimum atomic E-state index is -0.857. The van der Waals surface area contributed by atoms with Crippen LogP contribution in [0.2, 0.25) is 5.02 Å². The standard InChI is InChI=1S/C19H20ClNO3/c1-13-7-3-4-8-15(13)11-18(22)24-14(2)19(23)21-12-16-9-5-6-10-17(16)20/h3-10,14H,11-12H2,1-2H3,(H,21,23)/t14-/m1/s1. The average molecular weight is 346 g/mol. The van der Waals surface area contributed by atoms with Gasteiger partial charge in [-0.25, -0.2) is 0 Å². The lowest BCUT2D eigenvalue weighted by atomic mass is 10.1. The summed E-state index contributed by atoms with van der Waals surface area (Å²) < 4.78 is 5.21. The van der Waals surface area contributed by atoms with E-state index >= 15 is 0 Å². The van der Waals surface area contributed by atoms with E-state index < -0.39 is 12.1 Å². The molecule has 1 amide bonds. The summed E-state index contributed by atoms with van der Waals surface area (Å²) in [5, 5.41) is 3.30. The number of carbonyl (C=O) groups excluding carboxylic acids is 2. The third-order valence-electron chi connectivity index (χ3n) is 3.68. The fraction of sp³-hybridized carbons (Fsp3) is 0.263. The van der Waals surface area contributed by atoms with E-state index in [2.05, 4.69) is 5.32 Å². The van der Waals surface area contributed by atoms with Gasteiger partial charge in [0.2, 0.25) is 0 Å². The Labute approximate surface area is 146 Å². The Balaban J connectivity index is 1.84. The third kappa shape index (κ3) is 5.10. The molecule has 1 atom stereocenters. The van der Waals surface area contributed by atoms with Crippen molar-refractivity contribution in [1.29, 1.82) is 0 Å². The highest BCUT2D eigenvalue weighted by atomic mass is 35.5. The first-order valence-electron chi connectivity index (χ1n) is 7.72. The van der Waals surface area contributed by atoms with Crippen LogP contribution in [-0.4, -0.2) is 18.0 Å².